The number of hydrogen-bond donors (Lipinski definition) is 3. The molecular formula is C14H19NO5. The van der Waals surface area contributed by atoms with Crippen LogP contribution in [0.4, 0.5) is 4.79 Å². The van der Waals surface area contributed by atoms with E-state index in [1.54, 1.807) is 12.1 Å². The van der Waals surface area contributed by atoms with Crippen molar-refractivity contribution in [1.29, 1.82) is 0 Å². The van der Waals surface area contributed by atoms with E-state index in [0.717, 1.165) is 5.56 Å². The van der Waals surface area contributed by atoms with Crippen molar-refractivity contribution in [1.82, 2.24) is 5.32 Å². The number of rotatable bonds is 6. The number of alkyl carbamates (subject to hydrolysis) is 1. The monoisotopic (exact) mass is 281 g/mol. The fraction of sp³-hybridized carbons (Fsp3) is 0.429. The van der Waals surface area contributed by atoms with Gasteiger partial charge < -0.3 is 20.3 Å². The standard InChI is InChI=1S/C14H19NO5/c1-14(2,19)11(8-12(16)17)15-13(18)20-9-10-6-4-3-5-7-10/h3-7,11,19H,8-9H2,1-2H3,(H,15,18)(H,16,17)/t11-/m1/s1. The maximum atomic E-state index is 11.6. The number of nitrogens with one attached hydrogen (secondary N) is 1. The Kier molecular flexibility index (Phi) is 5.52. The average Bonchev–Trinajstić information content (AvgIpc) is 2.35. The quantitative estimate of drug-likeness (QED) is 0.735. The smallest absolute Gasteiger partial charge is 0.407 e. The zero-order chi connectivity index (χ0) is 15.2. The van der Waals surface area contributed by atoms with Crippen LogP contribution in [0.15, 0.2) is 30.3 Å². The lowest BCUT2D eigenvalue weighted by molar-refractivity contribution is -0.139. The first-order chi connectivity index (χ1) is 9.29. The zero-order valence-electron chi connectivity index (χ0n) is 11.5. The Bertz CT molecular complexity index is 452. The molecule has 0 aliphatic heterocycles. The van der Waals surface area contributed by atoms with E-state index < -0.39 is 23.7 Å². The van der Waals surface area contributed by atoms with Gasteiger partial charge in [0.2, 0.25) is 0 Å². The fourth-order valence-electron chi connectivity index (χ4n) is 1.56. The highest BCUT2D eigenvalue weighted by Crippen LogP contribution is 2.12. The molecule has 1 aromatic rings. The van der Waals surface area contributed by atoms with Crippen LogP contribution in [0.25, 0.3) is 0 Å². The average molecular weight is 281 g/mol. The molecule has 1 atom stereocenters. The van der Waals surface area contributed by atoms with Crippen LogP contribution in [0.5, 0.6) is 0 Å². The van der Waals surface area contributed by atoms with Gasteiger partial charge in [0.25, 0.3) is 0 Å². The minimum absolute atomic E-state index is 0.0817. The van der Waals surface area contributed by atoms with Crippen molar-refractivity contribution in [3.8, 4) is 0 Å². The Morgan fingerprint density at radius 3 is 2.40 bits per heavy atom. The van der Waals surface area contributed by atoms with Crippen LogP contribution in [0.2, 0.25) is 0 Å². The molecule has 0 aliphatic rings. The van der Waals surface area contributed by atoms with Crippen LogP contribution in [-0.4, -0.2) is 33.9 Å². The Labute approximate surface area is 117 Å². The molecular weight excluding hydrogens is 262 g/mol. The molecule has 0 fully saturated rings. The van der Waals surface area contributed by atoms with Gasteiger partial charge in [0, 0.05) is 0 Å². The molecule has 0 saturated carbocycles. The molecule has 20 heavy (non-hydrogen) atoms. The van der Waals surface area contributed by atoms with E-state index in [2.05, 4.69) is 5.32 Å². The number of carboxylic acid groups (broad SMARTS) is 1. The van der Waals surface area contributed by atoms with Crippen LogP contribution in [0.3, 0.4) is 0 Å². The third-order valence-corrected chi connectivity index (χ3v) is 2.74. The second-order valence-electron chi connectivity index (χ2n) is 5.01. The van der Waals surface area contributed by atoms with Gasteiger partial charge in [-0.25, -0.2) is 4.79 Å². The first-order valence-corrected chi connectivity index (χ1v) is 6.20. The van der Waals surface area contributed by atoms with Crippen molar-refractivity contribution >= 4 is 12.1 Å². The van der Waals surface area contributed by atoms with Gasteiger partial charge in [-0.2, -0.15) is 0 Å². The van der Waals surface area contributed by atoms with E-state index >= 15 is 0 Å². The molecule has 1 amide bonds. The van der Waals surface area contributed by atoms with Gasteiger partial charge in [0.05, 0.1) is 18.1 Å². The lowest BCUT2D eigenvalue weighted by atomic mass is 9.96. The van der Waals surface area contributed by atoms with Gasteiger partial charge in [-0.05, 0) is 19.4 Å². The lowest BCUT2D eigenvalue weighted by Crippen LogP contribution is -2.50. The van der Waals surface area contributed by atoms with Gasteiger partial charge in [-0.15, -0.1) is 0 Å². The minimum Gasteiger partial charge on any atom is -0.481 e. The van der Waals surface area contributed by atoms with Gasteiger partial charge >= 0.3 is 12.1 Å². The second kappa shape index (κ2) is 6.91. The molecule has 0 saturated heterocycles. The van der Waals surface area contributed by atoms with Crippen molar-refractivity contribution in [2.75, 3.05) is 0 Å². The normalized spacial score (nSPS) is 12.6. The second-order valence-corrected chi connectivity index (χ2v) is 5.01. The number of aliphatic hydroxyl groups is 1. The topological polar surface area (TPSA) is 95.9 Å². The Hall–Kier alpha value is -2.08. The predicted molar refractivity (Wildman–Crippen MR) is 72.1 cm³/mol. The number of benzene rings is 1. The molecule has 6 heteroatoms. The molecule has 0 spiro atoms. The highest BCUT2D eigenvalue weighted by molar-refractivity contribution is 5.71. The maximum Gasteiger partial charge on any atom is 0.407 e. The summed E-state index contributed by atoms with van der Waals surface area (Å²) in [5.74, 6) is -1.11. The summed E-state index contributed by atoms with van der Waals surface area (Å²) in [6.07, 6.45) is -1.15. The number of hydrogen-bond acceptors (Lipinski definition) is 4. The molecule has 1 aromatic carbocycles. The number of carbonyl (C=O) groups is 2. The number of ether oxygens (including phenoxy) is 1. The number of aliphatic carboxylic acids is 1. The minimum atomic E-state index is -1.36. The van der Waals surface area contributed by atoms with E-state index in [0.29, 0.717) is 0 Å². The summed E-state index contributed by atoms with van der Waals surface area (Å²) in [4.78, 5) is 22.3. The molecule has 3 N–H and O–H groups in total. The first-order valence-electron chi connectivity index (χ1n) is 6.20. The summed E-state index contributed by atoms with van der Waals surface area (Å²) >= 11 is 0. The third kappa shape index (κ3) is 5.71. The molecule has 110 valence electrons. The van der Waals surface area contributed by atoms with E-state index in [1.807, 2.05) is 18.2 Å². The Morgan fingerprint density at radius 2 is 1.90 bits per heavy atom. The summed E-state index contributed by atoms with van der Waals surface area (Å²) in [5.41, 5.74) is -0.537. The van der Waals surface area contributed by atoms with Crippen molar-refractivity contribution < 1.29 is 24.5 Å². The van der Waals surface area contributed by atoms with Crippen LogP contribution >= 0.6 is 0 Å². The third-order valence-electron chi connectivity index (χ3n) is 2.74. The zero-order valence-corrected chi connectivity index (χ0v) is 11.5. The molecule has 0 aromatic heterocycles. The molecule has 6 nitrogen and oxygen atoms in total. The van der Waals surface area contributed by atoms with Crippen molar-refractivity contribution in [2.24, 2.45) is 0 Å². The van der Waals surface area contributed by atoms with Gasteiger partial charge in [-0.3, -0.25) is 4.79 Å². The highest BCUT2D eigenvalue weighted by Gasteiger charge is 2.30. The number of amides is 1. The SMILES string of the molecule is CC(C)(O)[C@@H](CC(=O)O)NC(=O)OCc1ccccc1. The molecule has 0 bridgehead atoms. The maximum absolute atomic E-state index is 11.6. The number of carboxylic acids is 1. The molecule has 1 rings (SSSR count). The van der Waals surface area contributed by atoms with E-state index in [-0.39, 0.29) is 13.0 Å². The van der Waals surface area contributed by atoms with Crippen LogP contribution < -0.4 is 5.32 Å². The summed E-state index contributed by atoms with van der Waals surface area (Å²) in [6, 6.07) is 8.17. The largest absolute Gasteiger partial charge is 0.481 e. The van der Waals surface area contributed by atoms with Gasteiger partial charge in [0.15, 0.2) is 0 Å². The number of carbonyl (C=O) groups excluding carboxylic acids is 1. The summed E-state index contributed by atoms with van der Waals surface area (Å²) in [7, 11) is 0. The Morgan fingerprint density at radius 1 is 1.30 bits per heavy atom. The Balaban J connectivity index is 2.52. The predicted octanol–water partition coefficient (Wildman–Crippen LogP) is 1.53. The van der Waals surface area contributed by atoms with Crippen molar-refractivity contribution in [3.63, 3.8) is 0 Å². The molecule has 0 unspecified atom stereocenters. The van der Waals surface area contributed by atoms with Crippen LogP contribution in [-0.2, 0) is 16.1 Å². The summed E-state index contributed by atoms with van der Waals surface area (Å²) in [6.45, 7) is 2.94. The highest BCUT2D eigenvalue weighted by atomic mass is 16.5. The van der Waals surface area contributed by atoms with Crippen LogP contribution in [0.1, 0.15) is 25.8 Å². The molecule has 0 radical (unpaired) electrons. The first kappa shape index (κ1) is 16.0. The van der Waals surface area contributed by atoms with Crippen molar-refractivity contribution in [3.05, 3.63) is 35.9 Å². The van der Waals surface area contributed by atoms with Crippen molar-refractivity contribution in [2.45, 2.75) is 38.5 Å². The van der Waals surface area contributed by atoms with E-state index in [4.69, 9.17) is 9.84 Å². The van der Waals surface area contributed by atoms with E-state index in [1.165, 1.54) is 13.8 Å². The summed E-state index contributed by atoms with van der Waals surface area (Å²) < 4.78 is 4.98. The van der Waals surface area contributed by atoms with E-state index in [9.17, 15) is 14.7 Å². The summed E-state index contributed by atoms with van der Waals surface area (Å²) in [5, 5.41) is 21.0. The molecule has 0 heterocycles. The van der Waals surface area contributed by atoms with Gasteiger partial charge in [-0.1, -0.05) is 30.3 Å². The van der Waals surface area contributed by atoms with Crippen LogP contribution in [0, 0.1) is 0 Å². The van der Waals surface area contributed by atoms with Gasteiger partial charge in [0.1, 0.15) is 6.61 Å². The lowest BCUT2D eigenvalue weighted by Gasteiger charge is -2.28. The molecule has 0 aliphatic carbocycles. The fourth-order valence-corrected chi connectivity index (χ4v) is 1.56.